The van der Waals surface area contributed by atoms with Gasteiger partial charge in [-0.1, -0.05) is 6.92 Å². The van der Waals surface area contributed by atoms with Gasteiger partial charge in [-0.3, -0.25) is 9.59 Å². The molecule has 5 nitrogen and oxygen atoms in total. The number of rotatable bonds is 6. The van der Waals surface area contributed by atoms with Gasteiger partial charge in [-0.2, -0.15) is 0 Å². The second-order valence-electron chi connectivity index (χ2n) is 5.21. The van der Waals surface area contributed by atoms with E-state index >= 15 is 0 Å². The fourth-order valence-electron chi connectivity index (χ4n) is 1.63. The Morgan fingerprint density at radius 3 is 2.24 bits per heavy atom. The van der Waals surface area contributed by atoms with Crippen LogP contribution < -0.4 is 5.32 Å². The van der Waals surface area contributed by atoms with E-state index in [0.29, 0.717) is 6.42 Å². The maximum atomic E-state index is 12.0. The Hall–Kier alpha value is -1.10. The van der Waals surface area contributed by atoms with Crippen molar-refractivity contribution in [1.29, 1.82) is 0 Å². The van der Waals surface area contributed by atoms with Crippen molar-refractivity contribution in [2.45, 2.75) is 52.6 Å². The third kappa shape index (κ3) is 6.26. The predicted octanol–water partition coefficient (Wildman–Crippen LogP) is 1.09. The lowest BCUT2D eigenvalue weighted by molar-refractivity contribution is -0.148. The van der Waals surface area contributed by atoms with Crippen molar-refractivity contribution in [2.24, 2.45) is 0 Å². The van der Waals surface area contributed by atoms with Gasteiger partial charge >= 0.3 is 5.97 Å². The Balaban J connectivity index is 4.59. The molecule has 0 fully saturated rings. The van der Waals surface area contributed by atoms with Gasteiger partial charge in [0, 0.05) is 18.0 Å². The van der Waals surface area contributed by atoms with Gasteiger partial charge in [0.05, 0.1) is 0 Å². The molecule has 1 atom stereocenters. The van der Waals surface area contributed by atoms with Crippen molar-refractivity contribution in [2.75, 3.05) is 13.1 Å². The van der Waals surface area contributed by atoms with Crippen LogP contribution in [0.2, 0.25) is 0 Å². The van der Waals surface area contributed by atoms with Crippen LogP contribution in [0.3, 0.4) is 0 Å². The molecule has 0 radical (unpaired) electrons. The number of aliphatic carboxylic acids is 1. The zero-order chi connectivity index (χ0) is 13.6. The third-order valence-electron chi connectivity index (χ3n) is 2.44. The molecule has 0 aliphatic carbocycles. The van der Waals surface area contributed by atoms with Crippen molar-refractivity contribution in [1.82, 2.24) is 10.2 Å². The number of carboxylic acids is 1. The minimum Gasteiger partial charge on any atom is -0.480 e. The highest BCUT2D eigenvalue weighted by atomic mass is 16.4. The molecule has 0 spiro atoms. The van der Waals surface area contributed by atoms with E-state index in [1.165, 1.54) is 4.90 Å². The third-order valence-corrected chi connectivity index (χ3v) is 2.44. The topological polar surface area (TPSA) is 69.6 Å². The van der Waals surface area contributed by atoms with E-state index < -0.39 is 11.5 Å². The second kappa shape index (κ2) is 6.59. The average Bonchev–Trinajstić information content (AvgIpc) is 2.12. The zero-order valence-electron chi connectivity index (χ0n) is 11.4. The number of hydrogen-bond acceptors (Lipinski definition) is 3. The van der Waals surface area contributed by atoms with Crippen molar-refractivity contribution < 1.29 is 14.7 Å². The van der Waals surface area contributed by atoms with Crippen LogP contribution in [0, 0.1) is 0 Å². The van der Waals surface area contributed by atoms with Crippen LogP contribution in [0.5, 0.6) is 0 Å². The lowest BCUT2D eigenvalue weighted by atomic mass is 10.0. The quantitative estimate of drug-likeness (QED) is 0.733. The summed E-state index contributed by atoms with van der Waals surface area (Å²) in [6, 6.07) is 0.0612. The van der Waals surface area contributed by atoms with Crippen LogP contribution in [0.1, 0.15) is 41.0 Å². The molecule has 0 rings (SSSR count). The van der Waals surface area contributed by atoms with E-state index in [0.717, 1.165) is 6.54 Å². The SMILES string of the molecule is CCNC(C)CC(=O)N(CC(=O)O)C(C)(C)C. The summed E-state index contributed by atoms with van der Waals surface area (Å²) in [4.78, 5) is 24.2. The molecule has 17 heavy (non-hydrogen) atoms. The van der Waals surface area contributed by atoms with Crippen LogP contribution in [0.4, 0.5) is 0 Å². The number of nitrogens with zero attached hydrogens (tertiary/aromatic N) is 1. The predicted molar refractivity (Wildman–Crippen MR) is 66.9 cm³/mol. The molecular weight excluding hydrogens is 220 g/mol. The number of carbonyl (C=O) groups is 2. The molecule has 0 saturated heterocycles. The Morgan fingerprint density at radius 1 is 1.35 bits per heavy atom. The van der Waals surface area contributed by atoms with Crippen molar-refractivity contribution in [3.63, 3.8) is 0 Å². The van der Waals surface area contributed by atoms with Gasteiger partial charge in [0.2, 0.25) is 5.91 Å². The van der Waals surface area contributed by atoms with Crippen molar-refractivity contribution >= 4 is 11.9 Å². The van der Waals surface area contributed by atoms with Crippen LogP contribution >= 0.6 is 0 Å². The van der Waals surface area contributed by atoms with Crippen molar-refractivity contribution in [3.8, 4) is 0 Å². The zero-order valence-corrected chi connectivity index (χ0v) is 11.4. The Labute approximate surface area is 103 Å². The second-order valence-corrected chi connectivity index (χ2v) is 5.21. The molecule has 0 aromatic rings. The highest BCUT2D eigenvalue weighted by Crippen LogP contribution is 2.15. The minimum absolute atomic E-state index is 0.0612. The summed E-state index contributed by atoms with van der Waals surface area (Å²) in [5.41, 5.74) is -0.471. The summed E-state index contributed by atoms with van der Waals surface area (Å²) in [6.45, 7) is 9.95. The fraction of sp³-hybridized carbons (Fsp3) is 0.833. The average molecular weight is 244 g/mol. The molecule has 1 amide bonds. The highest BCUT2D eigenvalue weighted by molar-refractivity contribution is 5.82. The highest BCUT2D eigenvalue weighted by Gasteiger charge is 2.28. The maximum absolute atomic E-state index is 12.0. The van der Waals surface area contributed by atoms with Crippen LogP contribution in [0.25, 0.3) is 0 Å². The normalized spacial score (nSPS) is 13.2. The molecule has 0 saturated carbocycles. The molecule has 0 heterocycles. The van der Waals surface area contributed by atoms with Gasteiger partial charge in [0.25, 0.3) is 0 Å². The number of hydrogen-bond donors (Lipinski definition) is 2. The summed E-state index contributed by atoms with van der Waals surface area (Å²) in [6.07, 6.45) is 0.318. The first-order valence-electron chi connectivity index (χ1n) is 5.94. The molecule has 0 aromatic heterocycles. The Bertz CT molecular complexity index is 271. The summed E-state index contributed by atoms with van der Waals surface area (Å²) in [5.74, 6) is -1.11. The summed E-state index contributed by atoms with van der Waals surface area (Å²) in [7, 11) is 0. The summed E-state index contributed by atoms with van der Waals surface area (Å²) in [5, 5.41) is 12.0. The Kier molecular flexibility index (Phi) is 6.16. The van der Waals surface area contributed by atoms with Gasteiger partial charge < -0.3 is 15.3 Å². The molecule has 5 heteroatoms. The largest absolute Gasteiger partial charge is 0.480 e. The number of carboxylic acid groups (broad SMARTS) is 1. The van der Waals surface area contributed by atoms with Gasteiger partial charge in [0.15, 0.2) is 0 Å². The lowest BCUT2D eigenvalue weighted by Crippen LogP contribution is -2.49. The first-order chi connectivity index (χ1) is 7.68. The van der Waals surface area contributed by atoms with E-state index in [-0.39, 0.29) is 18.5 Å². The van der Waals surface area contributed by atoms with Crippen LogP contribution in [0.15, 0.2) is 0 Å². The van der Waals surface area contributed by atoms with Crippen LogP contribution in [-0.2, 0) is 9.59 Å². The Morgan fingerprint density at radius 2 is 1.88 bits per heavy atom. The summed E-state index contributed by atoms with van der Waals surface area (Å²) >= 11 is 0. The molecule has 0 aromatic carbocycles. The monoisotopic (exact) mass is 244 g/mol. The fourth-order valence-corrected chi connectivity index (χ4v) is 1.63. The minimum atomic E-state index is -0.982. The molecule has 0 aliphatic rings. The molecule has 0 bridgehead atoms. The first-order valence-corrected chi connectivity index (χ1v) is 5.94. The molecule has 1 unspecified atom stereocenters. The van der Waals surface area contributed by atoms with Gasteiger partial charge in [0.1, 0.15) is 6.54 Å². The molecule has 100 valence electrons. The van der Waals surface area contributed by atoms with Gasteiger partial charge in [-0.15, -0.1) is 0 Å². The van der Waals surface area contributed by atoms with E-state index in [9.17, 15) is 9.59 Å². The molecular formula is C12H24N2O3. The molecule has 0 aliphatic heterocycles. The smallest absolute Gasteiger partial charge is 0.323 e. The first kappa shape index (κ1) is 15.9. The van der Waals surface area contributed by atoms with Gasteiger partial charge in [-0.25, -0.2) is 0 Å². The lowest BCUT2D eigenvalue weighted by Gasteiger charge is -2.35. The van der Waals surface area contributed by atoms with E-state index in [1.54, 1.807) is 0 Å². The van der Waals surface area contributed by atoms with E-state index in [1.807, 2.05) is 34.6 Å². The van der Waals surface area contributed by atoms with E-state index in [4.69, 9.17) is 5.11 Å². The van der Waals surface area contributed by atoms with E-state index in [2.05, 4.69) is 5.32 Å². The van der Waals surface area contributed by atoms with Gasteiger partial charge in [-0.05, 0) is 34.2 Å². The molecule has 2 N–H and O–H groups in total. The summed E-state index contributed by atoms with van der Waals surface area (Å²) < 4.78 is 0. The van der Waals surface area contributed by atoms with Crippen molar-refractivity contribution in [3.05, 3.63) is 0 Å². The number of nitrogens with one attached hydrogen (secondary N) is 1. The number of amides is 1. The number of carbonyl (C=O) groups excluding carboxylic acids is 1. The maximum Gasteiger partial charge on any atom is 0.323 e. The van der Waals surface area contributed by atoms with Crippen LogP contribution in [-0.4, -0.2) is 46.6 Å². The standard InChI is InChI=1S/C12H24N2O3/c1-6-13-9(2)7-10(15)14(8-11(16)17)12(3,4)5/h9,13H,6-8H2,1-5H3,(H,16,17).